The Morgan fingerprint density at radius 2 is 2.11 bits per heavy atom. The lowest BCUT2D eigenvalue weighted by atomic mass is 10.00. The molecule has 142 valence electrons. The molecular formula is C17H18F3N7. The van der Waals surface area contributed by atoms with Crippen LogP contribution in [0.15, 0.2) is 24.5 Å². The van der Waals surface area contributed by atoms with Crippen LogP contribution in [0.2, 0.25) is 0 Å². The molecule has 0 bridgehead atoms. The molecule has 3 rings (SSSR count). The van der Waals surface area contributed by atoms with E-state index in [0.717, 1.165) is 32.1 Å². The fourth-order valence-electron chi connectivity index (χ4n) is 2.79. The Balaban J connectivity index is 1.77. The number of nitrogens with one attached hydrogen (secondary N) is 3. The van der Waals surface area contributed by atoms with E-state index in [-0.39, 0.29) is 23.4 Å². The first-order chi connectivity index (χ1) is 13.0. The molecule has 0 saturated carbocycles. The Hall–Kier alpha value is -2.93. The molecule has 0 spiro atoms. The summed E-state index contributed by atoms with van der Waals surface area (Å²) in [4.78, 5) is 11.6. The number of hydrogen-bond acceptors (Lipinski definition) is 7. The number of alkyl halides is 3. The predicted molar refractivity (Wildman–Crippen MR) is 93.4 cm³/mol. The molecule has 1 aliphatic rings. The summed E-state index contributed by atoms with van der Waals surface area (Å²) >= 11 is 0. The number of piperidine rings is 1. The largest absolute Gasteiger partial charge is 0.421 e. The van der Waals surface area contributed by atoms with Gasteiger partial charge in [0.2, 0.25) is 5.95 Å². The van der Waals surface area contributed by atoms with Crippen molar-refractivity contribution in [3.8, 4) is 6.07 Å². The van der Waals surface area contributed by atoms with Crippen LogP contribution in [-0.2, 0) is 6.18 Å². The van der Waals surface area contributed by atoms with Crippen molar-refractivity contribution in [3.05, 3.63) is 35.8 Å². The van der Waals surface area contributed by atoms with Crippen LogP contribution in [0.3, 0.4) is 0 Å². The highest BCUT2D eigenvalue weighted by molar-refractivity contribution is 5.56. The van der Waals surface area contributed by atoms with E-state index in [1.165, 1.54) is 12.3 Å². The van der Waals surface area contributed by atoms with Gasteiger partial charge in [-0.05, 0) is 44.0 Å². The minimum absolute atomic E-state index is 0.0128. The highest BCUT2D eigenvalue weighted by atomic mass is 19.4. The summed E-state index contributed by atoms with van der Waals surface area (Å²) in [6.45, 7) is 2.09. The van der Waals surface area contributed by atoms with Crippen molar-refractivity contribution < 1.29 is 13.2 Å². The quantitative estimate of drug-likeness (QED) is 0.737. The van der Waals surface area contributed by atoms with Gasteiger partial charge in [-0.15, -0.1) is 0 Å². The molecule has 0 aromatic carbocycles. The van der Waals surface area contributed by atoms with Gasteiger partial charge >= 0.3 is 6.18 Å². The third-order valence-electron chi connectivity index (χ3n) is 4.19. The molecule has 3 N–H and O–H groups in total. The highest BCUT2D eigenvalue weighted by Gasteiger charge is 2.35. The van der Waals surface area contributed by atoms with Gasteiger partial charge in [-0.3, -0.25) is 0 Å². The van der Waals surface area contributed by atoms with Crippen molar-refractivity contribution in [2.75, 3.05) is 30.3 Å². The summed E-state index contributed by atoms with van der Waals surface area (Å²) in [5, 5.41) is 17.6. The minimum atomic E-state index is -4.55. The van der Waals surface area contributed by atoms with Crippen LogP contribution in [0.25, 0.3) is 0 Å². The van der Waals surface area contributed by atoms with Crippen molar-refractivity contribution in [1.82, 2.24) is 20.3 Å². The van der Waals surface area contributed by atoms with Gasteiger partial charge in [-0.1, -0.05) is 0 Å². The van der Waals surface area contributed by atoms with Gasteiger partial charge in [0, 0.05) is 12.7 Å². The highest BCUT2D eigenvalue weighted by Crippen LogP contribution is 2.34. The Morgan fingerprint density at radius 1 is 1.26 bits per heavy atom. The van der Waals surface area contributed by atoms with E-state index in [1.54, 1.807) is 6.07 Å². The third-order valence-corrected chi connectivity index (χ3v) is 4.19. The van der Waals surface area contributed by atoms with Crippen LogP contribution < -0.4 is 16.0 Å². The maximum absolute atomic E-state index is 13.3. The van der Waals surface area contributed by atoms with E-state index in [4.69, 9.17) is 5.26 Å². The van der Waals surface area contributed by atoms with Crippen molar-refractivity contribution >= 4 is 17.5 Å². The summed E-state index contributed by atoms with van der Waals surface area (Å²) in [5.74, 6) is -0.000103. The first-order valence-electron chi connectivity index (χ1n) is 8.47. The van der Waals surface area contributed by atoms with Crippen molar-refractivity contribution in [2.24, 2.45) is 5.92 Å². The maximum atomic E-state index is 13.3. The number of aromatic nitrogens is 3. The average molecular weight is 377 g/mol. The lowest BCUT2D eigenvalue weighted by Crippen LogP contribution is -2.34. The molecule has 2 aromatic heterocycles. The van der Waals surface area contributed by atoms with E-state index < -0.39 is 11.7 Å². The number of anilines is 3. The molecule has 0 unspecified atom stereocenters. The number of nitriles is 1. The zero-order chi connectivity index (χ0) is 19.3. The van der Waals surface area contributed by atoms with E-state index in [9.17, 15) is 13.2 Å². The molecule has 0 amide bonds. The zero-order valence-electron chi connectivity index (χ0n) is 14.3. The predicted octanol–water partition coefficient (Wildman–Crippen LogP) is 2.92. The van der Waals surface area contributed by atoms with Crippen LogP contribution in [0.1, 0.15) is 24.1 Å². The lowest BCUT2D eigenvalue weighted by molar-refractivity contribution is -0.137. The number of hydrogen-bond donors (Lipinski definition) is 3. The Bertz CT molecular complexity index is 809. The van der Waals surface area contributed by atoms with Crippen molar-refractivity contribution in [3.63, 3.8) is 0 Å². The van der Waals surface area contributed by atoms with Gasteiger partial charge in [0.05, 0.1) is 11.9 Å². The standard InChI is InChI=1S/C17H18F3N7/c18-17(19,20)14-10-25-16(26-13-4-3-12(6-21)23-9-13)27-15(14)24-8-11-2-1-5-22-7-11/h3-4,9-11,22H,1-2,5,7-8H2,(H2,24,25,26,27)/t11-/m0/s1. The van der Waals surface area contributed by atoms with Crippen LogP contribution in [0.4, 0.5) is 30.6 Å². The molecule has 0 radical (unpaired) electrons. The SMILES string of the molecule is N#Cc1ccc(Nc2ncc(C(F)(F)F)c(NC[C@H]3CCCNC3)n2)cn1. The van der Waals surface area contributed by atoms with E-state index in [0.29, 0.717) is 12.2 Å². The zero-order valence-corrected chi connectivity index (χ0v) is 14.3. The molecular weight excluding hydrogens is 359 g/mol. The monoisotopic (exact) mass is 377 g/mol. The summed E-state index contributed by atoms with van der Waals surface area (Å²) in [6, 6.07) is 4.95. The first kappa shape index (κ1) is 18.8. The van der Waals surface area contributed by atoms with E-state index in [1.807, 2.05) is 6.07 Å². The number of pyridine rings is 1. The molecule has 2 aromatic rings. The van der Waals surface area contributed by atoms with Crippen LogP contribution >= 0.6 is 0 Å². The molecule has 1 aliphatic heterocycles. The van der Waals surface area contributed by atoms with Crippen molar-refractivity contribution in [1.29, 1.82) is 5.26 Å². The second kappa shape index (κ2) is 8.18. The molecule has 0 aliphatic carbocycles. The normalized spacial score (nSPS) is 17.2. The van der Waals surface area contributed by atoms with E-state index in [2.05, 4.69) is 30.9 Å². The van der Waals surface area contributed by atoms with Gasteiger partial charge in [0.15, 0.2) is 0 Å². The van der Waals surface area contributed by atoms with E-state index >= 15 is 0 Å². The Kier molecular flexibility index (Phi) is 5.71. The first-order valence-corrected chi connectivity index (χ1v) is 8.47. The number of halogens is 3. The Labute approximate surface area is 154 Å². The molecule has 1 saturated heterocycles. The summed E-state index contributed by atoms with van der Waals surface area (Å²) in [5.41, 5.74) is -0.205. The second-order valence-corrected chi connectivity index (χ2v) is 6.22. The van der Waals surface area contributed by atoms with Crippen molar-refractivity contribution in [2.45, 2.75) is 19.0 Å². The summed E-state index contributed by atoms with van der Waals surface area (Å²) in [6.07, 6.45) is -0.453. The second-order valence-electron chi connectivity index (χ2n) is 6.22. The van der Waals surface area contributed by atoms with Gasteiger partial charge in [0.25, 0.3) is 0 Å². The van der Waals surface area contributed by atoms with Gasteiger partial charge < -0.3 is 16.0 Å². The molecule has 7 nitrogen and oxygen atoms in total. The Morgan fingerprint density at radius 3 is 2.74 bits per heavy atom. The molecule has 27 heavy (non-hydrogen) atoms. The maximum Gasteiger partial charge on any atom is 0.421 e. The smallest absolute Gasteiger partial charge is 0.369 e. The minimum Gasteiger partial charge on any atom is -0.369 e. The number of nitrogens with zero attached hydrogens (tertiary/aromatic N) is 4. The average Bonchev–Trinajstić information content (AvgIpc) is 2.67. The van der Waals surface area contributed by atoms with Crippen LogP contribution in [-0.4, -0.2) is 34.6 Å². The van der Waals surface area contributed by atoms with Gasteiger partial charge in [0.1, 0.15) is 23.1 Å². The fraction of sp³-hybridized carbons (Fsp3) is 0.412. The molecule has 3 heterocycles. The summed E-state index contributed by atoms with van der Waals surface area (Å²) in [7, 11) is 0. The molecule has 1 atom stereocenters. The van der Waals surface area contributed by atoms with Crippen LogP contribution in [0.5, 0.6) is 0 Å². The lowest BCUT2D eigenvalue weighted by Gasteiger charge is -2.24. The number of rotatable bonds is 5. The van der Waals surface area contributed by atoms with Gasteiger partial charge in [-0.25, -0.2) is 9.97 Å². The molecule has 1 fully saturated rings. The fourth-order valence-corrected chi connectivity index (χ4v) is 2.79. The van der Waals surface area contributed by atoms with Gasteiger partial charge in [-0.2, -0.15) is 23.4 Å². The molecule has 10 heteroatoms. The van der Waals surface area contributed by atoms with Crippen LogP contribution in [0, 0.1) is 17.2 Å². The third kappa shape index (κ3) is 5.04. The topological polar surface area (TPSA) is 98.5 Å². The summed E-state index contributed by atoms with van der Waals surface area (Å²) < 4.78 is 39.8.